The summed E-state index contributed by atoms with van der Waals surface area (Å²) in [4.78, 5) is 14.0. The van der Waals surface area contributed by atoms with Crippen molar-refractivity contribution in [1.29, 1.82) is 0 Å². The Morgan fingerprint density at radius 2 is 1.00 bits per heavy atom. The standard InChI is InChI=1S/Cl4Si.O2Si.O2.H2/c1-5(2,3)4;1-3-2;1-2;/h;;;1H. The van der Waals surface area contributed by atoms with Crippen molar-refractivity contribution in [1.82, 2.24) is 0 Å². The highest BCUT2D eigenvalue weighted by Crippen LogP contribution is 2.23. The molecule has 0 heterocycles. The second kappa shape index (κ2) is 12.5. The lowest BCUT2D eigenvalue weighted by Gasteiger charge is -1.85. The van der Waals surface area contributed by atoms with Crippen LogP contribution in [-0.2, 0) is 8.92 Å². The molecule has 0 unspecified atom stereocenters. The van der Waals surface area contributed by atoms with Crippen LogP contribution in [0.4, 0.5) is 0 Å². The third-order valence-electron chi connectivity index (χ3n) is 0. The van der Waals surface area contributed by atoms with Crippen LogP contribution < -0.4 is 0 Å². The van der Waals surface area contributed by atoms with Gasteiger partial charge >= 0.3 is 14.6 Å². The molecule has 0 fully saturated rings. The fraction of sp³-hybridized carbons (Fsp3) is 0. The van der Waals surface area contributed by atoms with Crippen LogP contribution in [0.1, 0.15) is 1.43 Å². The molecule has 0 bridgehead atoms. The molecule has 0 aliphatic carbocycles. The molecule has 0 aromatic rings. The van der Waals surface area contributed by atoms with E-state index in [1.54, 1.807) is 0 Å². The molecule has 0 saturated carbocycles. The molecule has 4 nitrogen and oxygen atoms in total. The lowest BCUT2D eigenvalue weighted by molar-refractivity contribution is 0.497. The molecule has 0 aromatic heterocycles. The van der Waals surface area contributed by atoms with Crippen LogP contribution in [-0.4, -0.2) is 14.6 Å². The van der Waals surface area contributed by atoms with Gasteiger partial charge in [-0.05, 0) is 0 Å². The van der Waals surface area contributed by atoms with E-state index in [4.69, 9.17) is 63.2 Å². The summed E-state index contributed by atoms with van der Waals surface area (Å²) in [7, 11) is -1.42. The third-order valence-corrected chi connectivity index (χ3v) is 0. The van der Waals surface area contributed by atoms with E-state index < -0.39 is 14.6 Å². The van der Waals surface area contributed by atoms with E-state index in [2.05, 4.69) is 0 Å². The fourth-order valence-electron chi connectivity index (χ4n) is 0. The molecule has 0 aliphatic heterocycles. The van der Waals surface area contributed by atoms with Gasteiger partial charge in [0.1, 0.15) is 0 Å². The van der Waals surface area contributed by atoms with E-state index in [9.17, 15) is 0 Å². The maximum atomic E-state index is 8.40. The zero-order chi connectivity index (χ0) is 9.21. The minimum atomic E-state index is -2.72. The maximum Gasteiger partial charge on any atom is 0.549 e. The van der Waals surface area contributed by atoms with Crippen LogP contribution in [0.15, 0.2) is 0 Å². The average Bonchev–Trinajstić information content (AvgIpc) is 1.68. The van der Waals surface area contributed by atoms with Gasteiger partial charge < -0.3 is 0 Å². The highest BCUT2D eigenvalue weighted by molar-refractivity contribution is 7.81. The van der Waals surface area contributed by atoms with Crippen molar-refractivity contribution in [2.24, 2.45) is 0 Å². The van der Waals surface area contributed by atoms with E-state index >= 15 is 0 Å². The first-order valence-corrected chi connectivity index (χ1v) is 8.19. The number of halogens is 4. The topological polar surface area (TPSA) is 68.3 Å². The van der Waals surface area contributed by atoms with E-state index in [0.29, 0.717) is 0 Å². The molecule has 10 heteroatoms. The van der Waals surface area contributed by atoms with Crippen molar-refractivity contribution in [3.8, 4) is 0 Å². The fourth-order valence-corrected chi connectivity index (χ4v) is 0. The Bertz CT molecular complexity index is 90.8. The molecule has 0 N–H and O–H groups in total. The summed E-state index contributed by atoms with van der Waals surface area (Å²) in [5.41, 5.74) is 0. The monoisotopic (exact) mass is 262 g/mol. The lowest BCUT2D eigenvalue weighted by Crippen LogP contribution is -1.91. The van der Waals surface area contributed by atoms with Crippen LogP contribution in [0.5, 0.6) is 0 Å². The van der Waals surface area contributed by atoms with Crippen LogP contribution in [0, 0.1) is 9.93 Å². The summed E-state index contributed by atoms with van der Waals surface area (Å²) in [5.74, 6) is 0. The van der Waals surface area contributed by atoms with Crippen molar-refractivity contribution in [2.45, 2.75) is 0 Å². The lowest BCUT2D eigenvalue weighted by atomic mass is 15.3. The molecule has 0 aliphatic rings. The SMILES string of the molecule is Cl[Si](Cl)(Cl)Cl.O=O.O=[Si]=O.[HH]. The van der Waals surface area contributed by atoms with Crippen LogP contribution >= 0.6 is 44.3 Å². The Hall–Kier alpha value is 0.794. The van der Waals surface area contributed by atoms with Gasteiger partial charge in [0, 0.05) is 11.4 Å². The van der Waals surface area contributed by atoms with E-state index in [-0.39, 0.29) is 1.43 Å². The van der Waals surface area contributed by atoms with Gasteiger partial charge in [0.15, 0.2) is 0 Å². The van der Waals surface area contributed by atoms with Crippen molar-refractivity contribution in [3.05, 3.63) is 9.93 Å². The van der Waals surface area contributed by atoms with Gasteiger partial charge in [-0.1, -0.05) is 0 Å². The molecular weight excluding hydrogens is 262 g/mol. The first-order valence-electron chi connectivity index (χ1n) is 1.33. The van der Waals surface area contributed by atoms with E-state index in [1.807, 2.05) is 0 Å². The minimum Gasteiger partial charge on any atom is -0.274 e. The first kappa shape index (κ1) is 17.0. The Labute approximate surface area is 79.2 Å². The minimum absolute atomic E-state index is 0. The molecule has 0 aromatic carbocycles. The van der Waals surface area contributed by atoms with Crippen molar-refractivity contribution < 1.29 is 10.4 Å². The van der Waals surface area contributed by atoms with Crippen LogP contribution in [0.2, 0.25) is 0 Å². The molecule has 0 atom stereocenters. The number of hydrogen-bond acceptors (Lipinski definition) is 4. The largest absolute Gasteiger partial charge is 0.549 e. The second-order valence-electron chi connectivity index (χ2n) is 0.512. The summed E-state index contributed by atoms with van der Waals surface area (Å²) in [6, 6.07) is 0. The van der Waals surface area contributed by atoms with Crippen molar-refractivity contribution in [3.63, 3.8) is 0 Å². The predicted molar refractivity (Wildman–Crippen MR) is 45.1 cm³/mol. The summed E-state index contributed by atoms with van der Waals surface area (Å²) in [6.07, 6.45) is 0. The first-order chi connectivity index (χ1) is 4.41. The summed E-state index contributed by atoms with van der Waals surface area (Å²) >= 11 is 19.9. The maximum absolute atomic E-state index is 8.40. The van der Waals surface area contributed by atoms with Gasteiger partial charge in [0.05, 0.1) is 0 Å². The summed E-state index contributed by atoms with van der Waals surface area (Å²) < 4.78 is 16.8. The smallest absolute Gasteiger partial charge is 0.274 e. The second-order valence-corrected chi connectivity index (χ2v) is 11.8. The molecule has 0 saturated heterocycles. The quantitative estimate of drug-likeness (QED) is 0.496. The van der Waals surface area contributed by atoms with Crippen molar-refractivity contribution >= 4 is 58.9 Å². The highest BCUT2D eigenvalue weighted by Gasteiger charge is 2.19. The molecule has 0 rings (SSSR count). The Kier molecular flexibility index (Phi) is 21.3. The van der Waals surface area contributed by atoms with Crippen LogP contribution in [0.25, 0.3) is 0 Å². The van der Waals surface area contributed by atoms with Gasteiger partial charge in [0.2, 0.25) is 0 Å². The summed E-state index contributed by atoms with van der Waals surface area (Å²) in [6.45, 7) is 0. The zero-order valence-corrected chi connectivity index (χ0v) is 9.17. The normalized spacial score (nSPS) is 7.20. The van der Waals surface area contributed by atoms with Gasteiger partial charge in [-0.25, -0.2) is 0 Å². The Morgan fingerprint density at radius 3 is 1.00 bits per heavy atom. The van der Waals surface area contributed by atoms with E-state index in [0.717, 1.165) is 0 Å². The zero-order valence-electron chi connectivity index (χ0n) is 4.14. The summed E-state index contributed by atoms with van der Waals surface area (Å²) in [5, 5.41) is -2.72. The Morgan fingerprint density at radius 1 is 1.00 bits per heavy atom. The number of hydrogen-bond donors (Lipinski definition) is 0. The molecular formula is H2Cl4O4Si2. The van der Waals surface area contributed by atoms with Gasteiger partial charge in [0.25, 0.3) is 0 Å². The van der Waals surface area contributed by atoms with E-state index in [1.165, 1.54) is 0 Å². The molecule has 0 amide bonds. The van der Waals surface area contributed by atoms with Crippen molar-refractivity contribution in [2.75, 3.05) is 0 Å². The predicted octanol–water partition coefficient (Wildman–Crippen LogP) is 2.07. The number of rotatable bonds is 0. The molecule has 0 radical (unpaired) electrons. The highest BCUT2D eigenvalue weighted by atomic mass is 36.0. The average molecular weight is 264 g/mol. The van der Waals surface area contributed by atoms with Gasteiger partial charge in [-0.2, -0.15) is 0 Å². The van der Waals surface area contributed by atoms with Crippen LogP contribution in [0.3, 0.4) is 0 Å². The molecule has 10 heavy (non-hydrogen) atoms. The van der Waals surface area contributed by atoms with Gasteiger partial charge in [-0.15, -0.1) is 44.3 Å². The third kappa shape index (κ3) is 848. The Balaban J connectivity index is -0.0000000360. The molecule has 62 valence electrons. The molecule has 0 spiro atoms. The van der Waals surface area contributed by atoms with Gasteiger partial charge in [-0.3, -0.25) is 8.92 Å².